The molecule has 2 rings (SSSR count). The zero-order chi connectivity index (χ0) is 17.7. The van der Waals surface area contributed by atoms with E-state index in [2.05, 4.69) is 4.98 Å². The molecule has 0 amide bonds. The maximum atomic E-state index is 12.2. The third kappa shape index (κ3) is 4.77. The summed E-state index contributed by atoms with van der Waals surface area (Å²) in [4.78, 5) is 27.9. The van der Waals surface area contributed by atoms with Crippen LogP contribution in [0.1, 0.15) is 58.9 Å². The smallest absolute Gasteiger partial charge is 0.350 e. The van der Waals surface area contributed by atoms with E-state index in [1.807, 2.05) is 33.8 Å². The van der Waals surface area contributed by atoms with Crippen LogP contribution in [0.15, 0.2) is 23.1 Å². The molecule has 2 atom stereocenters. The Kier molecular flexibility index (Phi) is 5.94. The van der Waals surface area contributed by atoms with Crippen molar-refractivity contribution in [3.63, 3.8) is 0 Å². The first-order chi connectivity index (χ1) is 11.3. The maximum Gasteiger partial charge on any atom is 0.350 e. The molecule has 0 radical (unpaired) electrons. The number of nitrogens with zero attached hydrogens (tertiary/aromatic N) is 2. The Hall–Kier alpha value is -1.95. The number of ether oxygens (including phenoxy) is 2. The van der Waals surface area contributed by atoms with Crippen molar-refractivity contribution in [2.45, 2.75) is 58.8 Å². The lowest BCUT2D eigenvalue weighted by Gasteiger charge is -2.25. The van der Waals surface area contributed by atoms with E-state index in [-0.39, 0.29) is 30.4 Å². The Morgan fingerprint density at radius 3 is 2.96 bits per heavy atom. The summed E-state index contributed by atoms with van der Waals surface area (Å²) in [6.45, 7) is 7.93. The molecule has 0 bridgehead atoms. The molecular weight excluding hydrogens is 308 g/mol. The van der Waals surface area contributed by atoms with Crippen LogP contribution in [-0.4, -0.2) is 27.7 Å². The second-order valence-electron chi connectivity index (χ2n) is 6.86. The number of rotatable bonds is 6. The topological polar surface area (TPSA) is 70.4 Å². The van der Waals surface area contributed by atoms with Crippen LogP contribution in [-0.2, 0) is 14.3 Å². The number of aromatic nitrogens is 2. The summed E-state index contributed by atoms with van der Waals surface area (Å²) >= 11 is 0. The molecule has 24 heavy (non-hydrogen) atoms. The molecule has 0 saturated carbocycles. The third-order valence-electron chi connectivity index (χ3n) is 3.95. The molecular formula is C18H26N2O4. The molecule has 1 aromatic rings. The highest BCUT2D eigenvalue weighted by molar-refractivity contribution is 5.69. The molecule has 0 aliphatic carbocycles. The highest BCUT2D eigenvalue weighted by atomic mass is 16.6. The van der Waals surface area contributed by atoms with E-state index < -0.39 is 5.60 Å². The molecule has 0 N–H and O–H groups in total. The molecule has 0 aromatic carbocycles. The van der Waals surface area contributed by atoms with Gasteiger partial charge in [-0.25, -0.2) is 4.79 Å². The normalized spacial score (nSPS) is 24.0. The van der Waals surface area contributed by atoms with Gasteiger partial charge in [0, 0.05) is 12.6 Å². The van der Waals surface area contributed by atoms with Crippen molar-refractivity contribution in [1.82, 2.24) is 9.55 Å². The number of hydrogen-bond acceptors (Lipinski definition) is 5. The third-order valence-corrected chi connectivity index (χ3v) is 3.95. The second kappa shape index (κ2) is 7.75. The van der Waals surface area contributed by atoms with Crippen LogP contribution in [0.4, 0.5) is 0 Å². The van der Waals surface area contributed by atoms with Gasteiger partial charge in [-0.2, -0.15) is 4.98 Å². The van der Waals surface area contributed by atoms with Crippen molar-refractivity contribution < 1.29 is 14.3 Å². The summed E-state index contributed by atoms with van der Waals surface area (Å²) in [7, 11) is 0. The van der Waals surface area contributed by atoms with E-state index in [9.17, 15) is 9.59 Å². The van der Waals surface area contributed by atoms with Gasteiger partial charge >= 0.3 is 11.7 Å². The lowest BCUT2D eigenvalue weighted by atomic mass is 10.0. The highest BCUT2D eigenvalue weighted by Gasteiger charge is 2.38. The van der Waals surface area contributed by atoms with Crippen LogP contribution in [0, 0.1) is 5.92 Å². The quantitative estimate of drug-likeness (QED) is 0.748. The van der Waals surface area contributed by atoms with Gasteiger partial charge in [-0.1, -0.05) is 19.9 Å². The van der Waals surface area contributed by atoms with Crippen LogP contribution in [0.2, 0.25) is 0 Å². The van der Waals surface area contributed by atoms with Gasteiger partial charge < -0.3 is 9.47 Å². The van der Waals surface area contributed by atoms with Crippen molar-refractivity contribution in [3.8, 4) is 0 Å². The average Bonchev–Trinajstić information content (AvgIpc) is 2.88. The molecule has 6 heteroatoms. The van der Waals surface area contributed by atoms with Gasteiger partial charge in [0.25, 0.3) is 0 Å². The zero-order valence-corrected chi connectivity index (χ0v) is 14.8. The number of carbonyl (C=O) groups is 1. The summed E-state index contributed by atoms with van der Waals surface area (Å²) in [5.41, 5.74) is -0.280. The van der Waals surface area contributed by atoms with Crippen LogP contribution in [0.3, 0.4) is 0 Å². The van der Waals surface area contributed by atoms with E-state index in [1.54, 1.807) is 18.3 Å². The summed E-state index contributed by atoms with van der Waals surface area (Å²) in [6, 6.07) is 1.78. The SMILES string of the molecule is CC=Cc1ccn(C2CCC(C)(COC(=O)CC(C)C)O2)c(=O)n1. The maximum absolute atomic E-state index is 12.2. The molecule has 1 aromatic heterocycles. The van der Waals surface area contributed by atoms with E-state index in [0.29, 0.717) is 18.5 Å². The summed E-state index contributed by atoms with van der Waals surface area (Å²) < 4.78 is 12.8. The average molecular weight is 334 g/mol. The van der Waals surface area contributed by atoms with Crippen LogP contribution < -0.4 is 5.69 Å². The highest BCUT2D eigenvalue weighted by Crippen LogP contribution is 2.35. The first-order valence-electron chi connectivity index (χ1n) is 8.38. The predicted molar refractivity (Wildman–Crippen MR) is 91.4 cm³/mol. The van der Waals surface area contributed by atoms with E-state index in [4.69, 9.17) is 9.47 Å². The van der Waals surface area contributed by atoms with E-state index in [0.717, 1.165) is 6.42 Å². The minimum absolute atomic E-state index is 0.202. The lowest BCUT2D eigenvalue weighted by molar-refractivity contribution is -0.157. The molecule has 1 saturated heterocycles. The van der Waals surface area contributed by atoms with Crippen molar-refractivity contribution >= 4 is 12.0 Å². The van der Waals surface area contributed by atoms with Crippen LogP contribution in [0.5, 0.6) is 0 Å². The van der Waals surface area contributed by atoms with Crippen LogP contribution in [0.25, 0.3) is 6.08 Å². The van der Waals surface area contributed by atoms with Gasteiger partial charge in [0.1, 0.15) is 18.4 Å². The van der Waals surface area contributed by atoms with E-state index >= 15 is 0 Å². The van der Waals surface area contributed by atoms with Crippen molar-refractivity contribution in [2.24, 2.45) is 5.92 Å². The predicted octanol–water partition coefficient (Wildman–Crippen LogP) is 2.93. The van der Waals surface area contributed by atoms with Gasteiger partial charge in [-0.3, -0.25) is 9.36 Å². The fourth-order valence-corrected chi connectivity index (χ4v) is 2.71. The largest absolute Gasteiger partial charge is 0.463 e. The Bertz CT molecular complexity index is 665. The molecule has 2 unspecified atom stereocenters. The summed E-state index contributed by atoms with van der Waals surface area (Å²) in [5, 5.41) is 0. The fraction of sp³-hybridized carbons (Fsp3) is 0.611. The van der Waals surface area contributed by atoms with Crippen molar-refractivity contribution in [3.05, 3.63) is 34.5 Å². The number of allylic oxidation sites excluding steroid dienone is 1. The Labute approximate surface area is 142 Å². The molecule has 1 aliphatic rings. The molecule has 1 aliphatic heterocycles. The monoisotopic (exact) mass is 334 g/mol. The van der Waals surface area contributed by atoms with Gasteiger partial charge in [0.2, 0.25) is 0 Å². The minimum Gasteiger partial charge on any atom is -0.463 e. The van der Waals surface area contributed by atoms with Gasteiger partial charge in [-0.05, 0) is 44.7 Å². The minimum atomic E-state index is -0.571. The fourth-order valence-electron chi connectivity index (χ4n) is 2.71. The Morgan fingerprint density at radius 1 is 1.58 bits per heavy atom. The summed E-state index contributed by atoms with van der Waals surface area (Å²) in [5.74, 6) is 0.0516. The standard InChI is InChI=1S/C18H26N2O4/c1-5-6-14-8-10-20(17(22)19-14)15-7-9-18(4,24-15)12-23-16(21)11-13(2)3/h5-6,8,10,13,15H,7,9,11-12H2,1-4H3. The Morgan fingerprint density at radius 2 is 2.33 bits per heavy atom. The molecule has 2 heterocycles. The zero-order valence-electron chi connectivity index (χ0n) is 14.8. The first kappa shape index (κ1) is 18.4. The number of esters is 1. The van der Waals surface area contributed by atoms with Gasteiger partial charge in [0.15, 0.2) is 0 Å². The lowest BCUT2D eigenvalue weighted by Crippen LogP contribution is -2.34. The number of hydrogen-bond donors (Lipinski definition) is 0. The van der Waals surface area contributed by atoms with Crippen molar-refractivity contribution in [2.75, 3.05) is 6.61 Å². The molecule has 6 nitrogen and oxygen atoms in total. The van der Waals surface area contributed by atoms with Crippen molar-refractivity contribution in [1.29, 1.82) is 0 Å². The Balaban J connectivity index is 1.99. The second-order valence-corrected chi connectivity index (χ2v) is 6.86. The first-order valence-corrected chi connectivity index (χ1v) is 8.38. The molecule has 0 spiro atoms. The number of carbonyl (C=O) groups excluding carboxylic acids is 1. The molecule has 1 fully saturated rings. The van der Waals surface area contributed by atoms with Gasteiger partial charge in [-0.15, -0.1) is 0 Å². The van der Waals surface area contributed by atoms with E-state index in [1.165, 1.54) is 4.57 Å². The summed E-state index contributed by atoms with van der Waals surface area (Å²) in [6.07, 6.45) is 6.73. The van der Waals surface area contributed by atoms with Crippen LogP contribution >= 0.6 is 0 Å². The molecule has 132 valence electrons. The van der Waals surface area contributed by atoms with Gasteiger partial charge in [0.05, 0.1) is 5.69 Å².